The van der Waals surface area contributed by atoms with Gasteiger partial charge in [-0.1, -0.05) is 27.7 Å². The molecule has 0 bridgehead atoms. The van der Waals surface area contributed by atoms with Crippen molar-refractivity contribution in [3.05, 3.63) is 0 Å². The molecule has 2 fully saturated rings. The molecule has 0 aromatic rings. The first-order valence-electron chi connectivity index (χ1n) is 5.16. The molecule has 0 N–H and O–H groups in total. The third-order valence-corrected chi connectivity index (χ3v) is 4.18. The van der Waals surface area contributed by atoms with Gasteiger partial charge in [0.15, 0.2) is 0 Å². The summed E-state index contributed by atoms with van der Waals surface area (Å²) in [5.74, 6) is 2.81. The Hall–Kier alpha value is -0.0400. The standard InChI is InChI=1S/C11H21N/c1-7(2)10-9-8(6-12(10)5)11(9,3)4/h7-10H,6H2,1-5H3/t8-,9-,10+/m1/s1. The van der Waals surface area contributed by atoms with Crippen molar-refractivity contribution in [3.63, 3.8) is 0 Å². The quantitative estimate of drug-likeness (QED) is 0.579. The van der Waals surface area contributed by atoms with E-state index in [1.165, 1.54) is 6.54 Å². The van der Waals surface area contributed by atoms with Gasteiger partial charge in [-0.25, -0.2) is 0 Å². The highest BCUT2D eigenvalue weighted by molar-refractivity contribution is 5.16. The lowest BCUT2D eigenvalue weighted by Gasteiger charge is -2.30. The van der Waals surface area contributed by atoms with Crippen molar-refractivity contribution in [2.45, 2.75) is 33.7 Å². The third-order valence-electron chi connectivity index (χ3n) is 4.18. The zero-order chi connectivity index (χ0) is 9.09. The second-order valence-corrected chi connectivity index (χ2v) is 5.63. The molecule has 1 nitrogen and oxygen atoms in total. The minimum Gasteiger partial charge on any atom is -0.303 e. The van der Waals surface area contributed by atoms with Crippen molar-refractivity contribution in [1.82, 2.24) is 4.90 Å². The van der Waals surface area contributed by atoms with Gasteiger partial charge in [0.25, 0.3) is 0 Å². The molecule has 0 aromatic heterocycles. The van der Waals surface area contributed by atoms with Crippen LogP contribution in [0.3, 0.4) is 0 Å². The van der Waals surface area contributed by atoms with Crippen LogP contribution in [-0.4, -0.2) is 24.5 Å². The molecule has 0 spiro atoms. The van der Waals surface area contributed by atoms with Gasteiger partial charge in [-0.3, -0.25) is 0 Å². The predicted octanol–water partition coefficient (Wildman–Crippen LogP) is 2.23. The van der Waals surface area contributed by atoms with Crippen LogP contribution in [-0.2, 0) is 0 Å². The lowest BCUT2D eigenvalue weighted by Crippen LogP contribution is -2.36. The molecule has 12 heavy (non-hydrogen) atoms. The zero-order valence-electron chi connectivity index (χ0n) is 8.96. The SMILES string of the molecule is CC(C)[C@H]1[C@H]2[C@@H](CN1C)C2(C)C. The maximum Gasteiger partial charge on any atom is 0.0152 e. The topological polar surface area (TPSA) is 3.24 Å². The highest BCUT2D eigenvalue weighted by Gasteiger charge is 2.66. The van der Waals surface area contributed by atoms with Crippen LogP contribution in [0, 0.1) is 23.2 Å². The summed E-state index contributed by atoms with van der Waals surface area (Å²) in [4.78, 5) is 2.56. The minimum atomic E-state index is 0.654. The first-order valence-corrected chi connectivity index (χ1v) is 5.16. The lowest BCUT2D eigenvalue weighted by atomic mass is 9.94. The third kappa shape index (κ3) is 0.891. The van der Waals surface area contributed by atoms with E-state index < -0.39 is 0 Å². The van der Waals surface area contributed by atoms with Gasteiger partial charge in [-0.2, -0.15) is 0 Å². The fourth-order valence-electron chi connectivity index (χ4n) is 3.44. The summed E-state index contributed by atoms with van der Waals surface area (Å²) >= 11 is 0. The highest BCUT2D eigenvalue weighted by Crippen LogP contribution is 2.65. The Kier molecular flexibility index (Phi) is 1.61. The van der Waals surface area contributed by atoms with Crippen LogP contribution in [0.15, 0.2) is 0 Å². The average Bonchev–Trinajstić information content (AvgIpc) is 2.40. The van der Waals surface area contributed by atoms with Crippen molar-refractivity contribution in [2.24, 2.45) is 23.2 Å². The molecule has 1 heteroatoms. The molecule has 0 unspecified atom stereocenters. The molecular formula is C11H21N. The molecule has 1 aliphatic carbocycles. The summed E-state index contributed by atoms with van der Waals surface area (Å²) in [6, 6.07) is 0.852. The lowest BCUT2D eigenvalue weighted by molar-refractivity contribution is 0.176. The second kappa shape index (κ2) is 2.25. The number of likely N-dealkylation sites (tertiary alicyclic amines) is 1. The largest absolute Gasteiger partial charge is 0.303 e. The minimum absolute atomic E-state index is 0.654. The van der Waals surface area contributed by atoms with E-state index in [1.54, 1.807) is 0 Å². The van der Waals surface area contributed by atoms with Crippen molar-refractivity contribution in [3.8, 4) is 0 Å². The molecule has 1 saturated heterocycles. The zero-order valence-corrected chi connectivity index (χ0v) is 8.96. The Labute approximate surface area is 76.1 Å². The number of hydrogen-bond donors (Lipinski definition) is 0. The summed E-state index contributed by atoms with van der Waals surface area (Å²) in [5, 5.41) is 0. The number of piperidine rings is 1. The maximum absolute atomic E-state index is 2.56. The van der Waals surface area contributed by atoms with Gasteiger partial charge >= 0.3 is 0 Å². The Bertz CT molecular complexity index is 195. The van der Waals surface area contributed by atoms with Gasteiger partial charge in [0.1, 0.15) is 0 Å². The second-order valence-electron chi connectivity index (χ2n) is 5.63. The van der Waals surface area contributed by atoms with Gasteiger partial charge in [0.05, 0.1) is 0 Å². The molecular weight excluding hydrogens is 146 g/mol. The van der Waals surface area contributed by atoms with Crippen LogP contribution >= 0.6 is 0 Å². The molecule has 1 aliphatic heterocycles. The molecule has 70 valence electrons. The Balaban J connectivity index is 2.13. The first kappa shape index (κ1) is 8.55. The van der Waals surface area contributed by atoms with Crippen LogP contribution in [0.5, 0.6) is 0 Å². The molecule has 1 saturated carbocycles. The number of rotatable bonds is 1. The van der Waals surface area contributed by atoms with Gasteiger partial charge in [0.2, 0.25) is 0 Å². The Morgan fingerprint density at radius 3 is 2.25 bits per heavy atom. The fraction of sp³-hybridized carbons (Fsp3) is 1.00. The first-order chi connectivity index (χ1) is 5.46. The molecule has 0 aromatic carbocycles. The summed E-state index contributed by atoms with van der Waals surface area (Å²) in [7, 11) is 2.28. The van der Waals surface area contributed by atoms with E-state index in [-0.39, 0.29) is 0 Å². The fourth-order valence-corrected chi connectivity index (χ4v) is 3.44. The predicted molar refractivity (Wildman–Crippen MR) is 52.0 cm³/mol. The molecule has 2 rings (SSSR count). The summed E-state index contributed by atoms with van der Waals surface area (Å²) in [6.45, 7) is 10.9. The highest BCUT2D eigenvalue weighted by atomic mass is 15.2. The summed E-state index contributed by atoms with van der Waals surface area (Å²) < 4.78 is 0. The maximum atomic E-state index is 2.56. The van der Waals surface area contributed by atoms with Crippen molar-refractivity contribution in [1.29, 1.82) is 0 Å². The summed E-state index contributed by atoms with van der Waals surface area (Å²) in [6.07, 6.45) is 0. The smallest absolute Gasteiger partial charge is 0.0152 e. The number of fused-ring (bicyclic) bond motifs is 1. The number of hydrogen-bond acceptors (Lipinski definition) is 1. The van der Waals surface area contributed by atoms with Gasteiger partial charge in [-0.05, 0) is 30.2 Å². The van der Waals surface area contributed by atoms with E-state index in [1.807, 2.05) is 0 Å². The number of nitrogens with zero attached hydrogens (tertiary/aromatic N) is 1. The van der Waals surface area contributed by atoms with Crippen LogP contribution in [0.2, 0.25) is 0 Å². The van der Waals surface area contributed by atoms with E-state index in [0.29, 0.717) is 5.41 Å². The van der Waals surface area contributed by atoms with Crippen LogP contribution in [0.1, 0.15) is 27.7 Å². The van der Waals surface area contributed by atoms with Crippen molar-refractivity contribution in [2.75, 3.05) is 13.6 Å². The van der Waals surface area contributed by atoms with Crippen molar-refractivity contribution < 1.29 is 0 Å². The molecule has 1 heterocycles. The van der Waals surface area contributed by atoms with Crippen LogP contribution in [0.25, 0.3) is 0 Å². The van der Waals surface area contributed by atoms with Gasteiger partial charge < -0.3 is 4.90 Å². The monoisotopic (exact) mass is 167 g/mol. The normalized spacial score (nSPS) is 45.0. The van der Waals surface area contributed by atoms with E-state index >= 15 is 0 Å². The molecule has 2 aliphatic rings. The Morgan fingerprint density at radius 2 is 1.92 bits per heavy atom. The van der Waals surface area contributed by atoms with Gasteiger partial charge in [0, 0.05) is 12.6 Å². The van der Waals surface area contributed by atoms with E-state index in [9.17, 15) is 0 Å². The average molecular weight is 167 g/mol. The summed E-state index contributed by atoms with van der Waals surface area (Å²) in [5.41, 5.74) is 0.654. The Morgan fingerprint density at radius 1 is 1.33 bits per heavy atom. The van der Waals surface area contributed by atoms with E-state index in [2.05, 4.69) is 39.6 Å². The molecule has 0 amide bonds. The molecule has 3 atom stereocenters. The van der Waals surface area contributed by atoms with E-state index in [0.717, 1.165) is 23.8 Å². The molecule has 0 radical (unpaired) electrons. The van der Waals surface area contributed by atoms with Crippen LogP contribution in [0.4, 0.5) is 0 Å². The van der Waals surface area contributed by atoms with Crippen LogP contribution < -0.4 is 0 Å². The van der Waals surface area contributed by atoms with Gasteiger partial charge in [-0.15, -0.1) is 0 Å². The van der Waals surface area contributed by atoms with E-state index in [4.69, 9.17) is 0 Å². The van der Waals surface area contributed by atoms with Crippen molar-refractivity contribution >= 4 is 0 Å².